The van der Waals surface area contributed by atoms with Crippen molar-refractivity contribution in [2.45, 2.75) is 75.9 Å². The zero-order valence-electron chi connectivity index (χ0n) is 22.9. The van der Waals surface area contributed by atoms with Gasteiger partial charge in [0, 0.05) is 36.9 Å². The minimum atomic E-state index is -0.415. The average molecular weight is 531 g/mol. The van der Waals surface area contributed by atoms with E-state index in [9.17, 15) is 0 Å². The summed E-state index contributed by atoms with van der Waals surface area (Å²) in [6, 6.07) is 10.6. The van der Waals surface area contributed by atoms with Crippen molar-refractivity contribution in [2.24, 2.45) is 5.92 Å². The van der Waals surface area contributed by atoms with E-state index in [4.69, 9.17) is 9.72 Å². The quantitative estimate of drug-likeness (QED) is 0.487. The van der Waals surface area contributed by atoms with Crippen LogP contribution >= 0.6 is 0 Å². The summed E-state index contributed by atoms with van der Waals surface area (Å²) < 4.78 is 22.3. The number of anilines is 1. The van der Waals surface area contributed by atoms with Crippen molar-refractivity contribution < 1.29 is 9.13 Å². The summed E-state index contributed by atoms with van der Waals surface area (Å²) in [5.41, 5.74) is 1.42. The molecule has 2 aromatic heterocycles. The molecule has 2 unspecified atom stereocenters. The molecule has 0 amide bonds. The van der Waals surface area contributed by atoms with E-state index in [2.05, 4.69) is 32.0 Å². The molecule has 5 fully saturated rings. The third-order valence-electron chi connectivity index (χ3n) is 9.35. The number of nitrogens with zero attached hydrogens (tertiary/aromatic N) is 5. The first-order valence-corrected chi connectivity index (χ1v) is 14.9. The number of hydrogen-bond donors (Lipinski definition) is 1. The van der Waals surface area contributed by atoms with Gasteiger partial charge in [-0.2, -0.15) is 9.97 Å². The van der Waals surface area contributed by atoms with Crippen LogP contribution in [0.4, 0.5) is 10.2 Å². The van der Waals surface area contributed by atoms with E-state index in [1.165, 1.54) is 25.7 Å². The fraction of sp³-hybridized carbons (Fsp3) is 0.581. The normalized spacial score (nSPS) is 25.4. The lowest BCUT2D eigenvalue weighted by Gasteiger charge is -2.34. The second-order valence-electron chi connectivity index (χ2n) is 12.3. The molecular formula is C31H39FN6O. The minimum absolute atomic E-state index is 0.0820. The first-order chi connectivity index (χ1) is 19.1. The van der Waals surface area contributed by atoms with Crippen molar-refractivity contribution in [1.82, 2.24) is 25.2 Å². The topological polar surface area (TPSA) is 66.4 Å². The molecule has 1 aliphatic carbocycles. The van der Waals surface area contributed by atoms with Crippen LogP contribution in [0.3, 0.4) is 0 Å². The van der Waals surface area contributed by atoms with Crippen LogP contribution in [0.25, 0.3) is 22.2 Å². The van der Waals surface area contributed by atoms with Crippen molar-refractivity contribution in [3.05, 3.63) is 42.3 Å². The SMILES string of the molecule is CC1CC1.Fc1c(-c2ccccc2)ncc2c(N3CC4CCC(C3)N4)nc(OCC34CCCN3CCC4)nc12. The van der Waals surface area contributed by atoms with Crippen molar-refractivity contribution in [3.63, 3.8) is 0 Å². The number of rotatable bonds is 5. The summed E-state index contributed by atoms with van der Waals surface area (Å²) >= 11 is 0. The van der Waals surface area contributed by atoms with Crippen molar-refractivity contribution in [2.75, 3.05) is 37.7 Å². The van der Waals surface area contributed by atoms with Crippen LogP contribution in [0.5, 0.6) is 6.01 Å². The highest BCUT2D eigenvalue weighted by atomic mass is 19.1. The van der Waals surface area contributed by atoms with E-state index >= 15 is 4.39 Å². The van der Waals surface area contributed by atoms with E-state index < -0.39 is 5.82 Å². The number of piperazine rings is 1. The van der Waals surface area contributed by atoms with Gasteiger partial charge in [0.25, 0.3) is 0 Å². The summed E-state index contributed by atoms with van der Waals surface area (Å²) in [5, 5.41) is 4.32. The summed E-state index contributed by atoms with van der Waals surface area (Å²) in [6.45, 7) is 6.81. The van der Waals surface area contributed by atoms with Gasteiger partial charge in [0.15, 0.2) is 5.82 Å². The molecule has 2 bridgehead atoms. The van der Waals surface area contributed by atoms with Gasteiger partial charge in [-0.15, -0.1) is 0 Å². The maximum Gasteiger partial charge on any atom is 0.319 e. The first-order valence-electron chi connectivity index (χ1n) is 14.9. The monoisotopic (exact) mass is 530 g/mol. The van der Waals surface area contributed by atoms with E-state index in [0.29, 0.717) is 29.8 Å². The van der Waals surface area contributed by atoms with Crippen molar-refractivity contribution in [3.8, 4) is 17.3 Å². The first kappa shape index (κ1) is 25.1. The van der Waals surface area contributed by atoms with Gasteiger partial charge >= 0.3 is 6.01 Å². The standard InChI is InChI=1S/C27H31FN6O.C4H8/c28-22-23(18-6-2-1-3-7-18)29-14-21-24(22)31-26(35-17-27-10-4-12-34(27)13-5-11-27)32-25(21)33-15-19-8-9-20(16-33)30-19;1-4-2-3-4/h1-3,6-7,14,19-20,30H,4-5,8-13,15-17H2;4H,2-3H2,1H3. The highest BCUT2D eigenvalue weighted by Gasteiger charge is 2.45. The molecule has 0 spiro atoms. The van der Waals surface area contributed by atoms with Gasteiger partial charge < -0.3 is 15.0 Å². The highest BCUT2D eigenvalue weighted by Crippen LogP contribution is 2.40. The zero-order chi connectivity index (χ0) is 26.4. The fourth-order valence-electron chi connectivity index (χ4n) is 6.92. The molecule has 7 nitrogen and oxygen atoms in total. The molecule has 2 atom stereocenters. The maximum absolute atomic E-state index is 16.0. The molecule has 4 saturated heterocycles. The number of fused-ring (bicyclic) bond motifs is 4. The van der Waals surface area contributed by atoms with E-state index in [1.807, 2.05) is 30.3 Å². The Morgan fingerprint density at radius 1 is 1.00 bits per heavy atom. The van der Waals surface area contributed by atoms with E-state index in [-0.39, 0.29) is 17.1 Å². The minimum Gasteiger partial charge on any atom is -0.461 e. The van der Waals surface area contributed by atoms with Gasteiger partial charge in [0.05, 0.1) is 10.9 Å². The van der Waals surface area contributed by atoms with Gasteiger partial charge in [-0.25, -0.2) is 4.39 Å². The molecule has 1 saturated carbocycles. The zero-order valence-corrected chi connectivity index (χ0v) is 22.9. The van der Waals surface area contributed by atoms with Gasteiger partial charge in [-0.1, -0.05) is 50.1 Å². The molecule has 8 rings (SSSR count). The Morgan fingerprint density at radius 3 is 2.36 bits per heavy atom. The number of hydrogen-bond acceptors (Lipinski definition) is 7. The summed E-state index contributed by atoms with van der Waals surface area (Å²) in [5.74, 6) is 1.41. The van der Waals surface area contributed by atoms with Gasteiger partial charge in [-0.3, -0.25) is 9.88 Å². The summed E-state index contributed by atoms with van der Waals surface area (Å²) in [4.78, 5) is 18.9. The molecule has 5 aliphatic rings. The molecule has 0 radical (unpaired) electrons. The molecule has 3 aromatic rings. The van der Waals surface area contributed by atoms with Crippen LogP contribution in [-0.2, 0) is 0 Å². The summed E-state index contributed by atoms with van der Waals surface area (Å²) in [6.07, 6.45) is 11.7. The lowest BCUT2D eigenvalue weighted by Crippen LogP contribution is -2.51. The highest BCUT2D eigenvalue weighted by molar-refractivity contribution is 5.92. The Kier molecular flexibility index (Phi) is 6.63. The van der Waals surface area contributed by atoms with Crippen LogP contribution in [0.2, 0.25) is 0 Å². The number of halogens is 1. The third-order valence-corrected chi connectivity index (χ3v) is 9.35. The van der Waals surface area contributed by atoms with Crippen molar-refractivity contribution in [1.29, 1.82) is 0 Å². The molecule has 39 heavy (non-hydrogen) atoms. The van der Waals surface area contributed by atoms with E-state index in [0.717, 1.165) is 69.2 Å². The number of nitrogens with one attached hydrogen (secondary N) is 1. The number of aromatic nitrogens is 3. The Labute approximate surface area is 230 Å². The van der Waals surface area contributed by atoms with Crippen molar-refractivity contribution >= 4 is 16.7 Å². The van der Waals surface area contributed by atoms with Crippen LogP contribution in [-0.4, -0.2) is 70.3 Å². The molecule has 4 aliphatic heterocycles. The molecule has 6 heterocycles. The second-order valence-corrected chi connectivity index (χ2v) is 12.3. The lowest BCUT2D eigenvalue weighted by molar-refractivity contribution is 0.108. The van der Waals surface area contributed by atoms with Gasteiger partial charge in [-0.05, 0) is 57.5 Å². The van der Waals surface area contributed by atoms with Gasteiger partial charge in [0.1, 0.15) is 23.6 Å². The number of ether oxygens (including phenoxy) is 1. The molecule has 1 N–H and O–H groups in total. The second kappa shape index (κ2) is 10.3. The average Bonchev–Trinajstić information content (AvgIpc) is 3.32. The lowest BCUT2D eigenvalue weighted by atomic mass is 9.95. The molecule has 8 heteroatoms. The van der Waals surface area contributed by atoms with Crippen LogP contribution in [0, 0.1) is 11.7 Å². The van der Waals surface area contributed by atoms with Crippen LogP contribution in [0.1, 0.15) is 58.3 Å². The third kappa shape index (κ3) is 4.97. The fourth-order valence-corrected chi connectivity index (χ4v) is 6.92. The predicted molar refractivity (Wildman–Crippen MR) is 152 cm³/mol. The maximum atomic E-state index is 16.0. The molecule has 206 valence electrons. The Hall–Kier alpha value is -2.84. The number of pyridine rings is 1. The Bertz CT molecular complexity index is 1310. The molecular weight excluding hydrogens is 491 g/mol. The largest absolute Gasteiger partial charge is 0.461 e. The summed E-state index contributed by atoms with van der Waals surface area (Å²) in [7, 11) is 0. The van der Waals surface area contributed by atoms with E-state index in [1.54, 1.807) is 6.20 Å². The van der Waals surface area contributed by atoms with Crippen LogP contribution < -0.4 is 15.0 Å². The predicted octanol–water partition coefficient (Wildman–Crippen LogP) is 5.20. The smallest absolute Gasteiger partial charge is 0.319 e. The molecule has 1 aromatic carbocycles. The Morgan fingerprint density at radius 2 is 1.69 bits per heavy atom. The van der Waals surface area contributed by atoms with Crippen LogP contribution in [0.15, 0.2) is 36.5 Å². The number of benzene rings is 1. The van der Waals surface area contributed by atoms with Gasteiger partial charge in [0.2, 0.25) is 0 Å². The Balaban J connectivity index is 0.000000583.